The molecule has 1 aromatic rings. The Hall–Kier alpha value is -1.71. The first-order valence-corrected chi connectivity index (χ1v) is 6.48. The molecule has 2 rings (SSSR count). The van der Waals surface area contributed by atoms with Gasteiger partial charge in [0.15, 0.2) is 0 Å². The van der Waals surface area contributed by atoms with Crippen molar-refractivity contribution in [3.63, 3.8) is 0 Å². The fourth-order valence-corrected chi connectivity index (χ4v) is 2.61. The Kier molecular flexibility index (Phi) is 3.45. The minimum absolute atomic E-state index is 0.112. The lowest BCUT2D eigenvalue weighted by Crippen LogP contribution is -2.37. The van der Waals surface area contributed by atoms with Crippen LogP contribution in [0, 0.1) is 0 Å². The zero-order valence-corrected chi connectivity index (χ0v) is 10.8. The topological polar surface area (TPSA) is 81.1 Å². The highest BCUT2D eigenvalue weighted by Gasteiger charge is 2.26. The van der Waals surface area contributed by atoms with Crippen molar-refractivity contribution >= 4 is 17.3 Å². The number of benzene rings is 1. The van der Waals surface area contributed by atoms with Crippen molar-refractivity contribution in [1.82, 2.24) is 0 Å². The van der Waals surface area contributed by atoms with Crippen LogP contribution < -0.4 is 16.8 Å². The molecule has 1 aliphatic rings. The average molecular weight is 247 g/mol. The highest BCUT2D eigenvalue weighted by atomic mass is 16.1. The SMILES string of the molecule is CC1(Nc2ccc(C(N)=O)cc2N)CCCCC1. The summed E-state index contributed by atoms with van der Waals surface area (Å²) >= 11 is 0. The molecule has 1 aliphatic carbocycles. The summed E-state index contributed by atoms with van der Waals surface area (Å²) in [6.45, 7) is 2.23. The van der Waals surface area contributed by atoms with Crippen molar-refractivity contribution in [3.05, 3.63) is 23.8 Å². The summed E-state index contributed by atoms with van der Waals surface area (Å²) in [5.74, 6) is -0.447. The Bertz CT molecular complexity index is 450. The Balaban J connectivity index is 2.16. The summed E-state index contributed by atoms with van der Waals surface area (Å²) in [6.07, 6.45) is 6.13. The predicted molar refractivity (Wildman–Crippen MR) is 74.5 cm³/mol. The molecule has 5 N–H and O–H groups in total. The van der Waals surface area contributed by atoms with E-state index in [-0.39, 0.29) is 5.54 Å². The van der Waals surface area contributed by atoms with Crippen LogP contribution in [0.2, 0.25) is 0 Å². The van der Waals surface area contributed by atoms with Crippen molar-refractivity contribution in [1.29, 1.82) is 0 Å². The van der Waals surface area contributed by atoms with Gasteiger partial charge in [-0.2, -0.15) is 0 Å². The summed E-state index contributed by atoms with van der Waals surface area (Å²) in [5, 5.41) is 3.51. The molecular formula is C14H21N3O. The Morgan fingerprint density at radius 2 is 1.94 bits per heavy atom. The van der Waals surface area contributed by atoms with Crippen LogP contribution in [0.5, 0.6) is 0 Å². The zero-order valence-electron chi connectivity index (χ0n) is 10.8. The third-order valence-electron chi connectivity index (χ3n) is 3.73. The molecule has 0 spiro atoms. The number of anilines is 2. The van der Waals surface area contributed by atoms with Crippen molar-refractivity contribution in [2.75, 3.05) is 11.1 Å². The van der Waals surface area contributed by atoms with E-state index >= 15 is 0 Å². The van der Waals surface area contributed by atoms with Crippen LogP contribution in [0.1, 0.15) is 49.4 Å². The fourth-order valence-electron chi connectivity index (χ4n) is 2.61. The highest BCUT2D eigenvalue weighted by Crippen LogP contribution is 2.33. The Morgan fingerprint density at radius 1 is 1.28 bits per heavy atom. The minimum Gasteiger partial charge on any atom is -0.397 e. The van der Waals surface area contributed by atoms with Crippen molar-refractivity contribution in [3.8, 4) is 0 Å². The number of hydrogen-bond acceptors (Lipinski definition) is 3. The van der Waals surface area contributed by atoms with E-state index in [0.717, 1.165) is 18.5 Å². The van der Waals surface area contributed by atoms with E-state index in [1.54, 1.807) is 12.1 Å². The second kappa shape index (κ2) is 4.88. The number of hydrogen-bond donors (Lipinski definition) is 3. The third kappa shape index (κ3) is 2.75. The van der Waals surface area contributed by atoms with Gasteiger partial charge in [-0.25, -0.2) is 0 Å². The summed E-state index contributed by atoms with van der Waals surface area (Å²) in [7, 11) is 0. The highest BCUT2D eigenvalue weighted by molar-refractivity contribution is 5.94. The lowest BCUT2D eigenvalue weighted by Gasteiger charge is -2.36. The van der Waals surface area contributed by atoms with Gasteiger partial charge in [0.2, 0.25) is 5.91 Å². The van der Waals surface area contributed by atoms with Gasteiger partial charge < -0.3 is 16.8 Å². The number of nitrogens with one attached hydrogen (secondary N) is 1. The van der Waals surface area contributed by atoms with E-state index in [2.05, 4.69) is 12.2 Å². The van der Waals surface area contributed by atoms with Crippen LogP contribution >= 0.6 is 0 Å². The second-order valence-corrected chi connectivity index (χ2v) is 5.41. The van der Waals surface area contributed by atoms with E-state index in [4.69, 9.17) is 11.5 Å². The summed E-state index contributed by atoms with van der Waals surface area (Å²) < 4.78 is 0. The summed E-state index contributed by atoms with van der Waals surface area (Å²) in [5.41, 5.74) is 13.2. The molecule has 0 unspecified atom stereocenters. The van der Waals surface area contributed by atoms with E-state index < -0.39 is 5.91 Å². The van der Waals surface area contributed by atoms with Gasteiger partial charge in [0, 0.05) is 11.1 Å². The summed E-state index contributed by atoms with van der Waals surface area (Å²) in [6, 6.07) is 5.19. The van der Waals surface area contributed by atoms with Gasteiger partial charge in [0.05, 0.1) is 11.4 Å². The van der Waals surface area contributed by atoms with Gasteiger partial charge in [-0.15, -0.1) is 0 Å². The quantitative estimate of drug-likeness (QED) is 0.718. The molecule has 98 valence electrons. The van der Waals surface area contributed by atoms with Gasteiger partial charge in [0.25, 0.3) is 0 Å². The number of nitrogen functional groups attached to an aromatic ring is 1. The first kappa shape index (κ1) is 12.7. The van der Waals surface area contributed by atoms with Crippen LogP contribution in [0.4, 0.5) is 11.4 Å². The van der Waals surface area contributed by atoms with Crippen molar-refractivity contribution in [2.24, 2.45) is 5.73 Å². The number of carbonyl (C=O) groups excluding carboxylic acids is 1. The minimum atomic E-state index is -0.447. The number of carbonyl (C=O) groups is 1. The normalized spacial score (nSPS) is 18.3. The van der Waals surface area contributed by atoms with Crippen LogP contribution in [0.25, 0.3) is 0 Å². The molecule has 0 saturated heterocycles. The number of amides is 1. The summed E-state index contributed by atoms with van der Waals surface area (Å²) in [4.78, 5) is 11.1. The molecule has 4 heteroatoms. The van der Waals surface area contributed by atoms with Crippen LogP contribution in [0.15, 0.2) is 18.2 Å². The van der Waals surface area contributed by atoms with Gasteiger partial charge in [0.1, 0.15) is 0 Å². The smallest absolute Gasteiger partial charge is 0.248 e. The molecule has 0 radical (unpaired) electrons. The van der Waals surface area contributed by atoms with Crippen LogP contribution in [-0.4, -0.2) is 11.4 Å². The molecule has 1 aromatic carbocycles. The van der Waals surface area contributed by atoms with Gasteiger partial charge in [-0.1, -0.05) is 19.3 Å². The first-order valence-electron chi connectivity index (χ1n) is 6.48. The Labute approximate surface area is 108 Å². The molecule has 1 saturated carbocycles. The maximum Gasteiger partial charge on any atom is 0.248 e. The fraction of sp³-hybridized carbons (Fsp3) is 0.500. The second-order valence-electron chi connectivity index (χ2n) is 5.41. The zero-order chi connectivity index (χ0) is 13.2. The van der Waals surface area contributed by atoms with Gasteiger partial charge >= 0.3 is 0 Å². The van der Waals surface area contributed by atoms with E-state index in [0.29, 0.717) is 11.3 Å². The molecule has 1 amide bonds. The Morgan fingerprint density at radius 3 is 2.50 bits per heavy atom. The first-order chi connectivity index (χ1) is 8.50. The molecule has 0 aromatic heterocycles. The van der Waals surface area contributed by atoms with Crippen LogP contribution in [0.3, 0.4) is 0 Å². The van der Waals surface area contributed by atoms with Gasteiger partial charge in [-0.05, 0) is 38.0 Å². The largest absolute Gasteiger partial charge is 0.397 e. The van der Waals surface area contributed by atoms with Crippen molar-refractivity contribution in [2.45, 2.75) is 44.6 Å². The molecule has 0 aliphatic heterocycles. The molecule has 1 fully saturated rings. The lowest BCUT2D eigenvalue weighted by atomic mass is 9.83. The maximum absolute atomic E-state index is 11.1. The molecule has 4 nitrogen and oxygen atoms in total. The monoisotopic (exact) mass is 247 g/mol. The lowest BCUT2D eigenvalue weighted by molar-refractivity contribution is 0.100. The van der Waals surface area contributed by atoms with E-state index in [1.807, 2.05) is 6.07 Å². The van der Waals surface area contributed by atoms with E-state index in [9.17, 15) is 4.79 Å². The average Bonchev–Trinajstić information content (AvgIpc) is 2.32. The number of primary amides is 1. The molecule has 0 atom stereocenters. The maximum atomic E-state index is 11.1. The third-order valence-corrected chi connectivity index (χ3v) is 3.73. The predicted octanol–water partition coefficient (Wildman–Crippen LogP) is 2.50. The number of rotatable bonds is 3. The van der Waals surface area contributed by atoms with E-state index in [1.165, 1.54) is 19.3 Å². The van der Waals surface area contributed by atoms with Gasteiger partial charge in [-0.3, -0.25) is 4.79 Å². The molecule has 0 bridgehead atoms. The molecular weight excluding hydrogens is 226 g/mol. The van der Waals surface area contributed by atoms with Crippen molar-refractivity contribution < 1.29 is 4.79 Å². The molecule has 18 heavy (non-hydrogen) atoms. The number of nitrogens with two attached hydrogens (primary N) is 2. The van der Waals surface area contributed by atoms with Crippen LogP contribution in [-0.2, 0) is 0 Å². The molecule has 0 heterocycles. The standard InChI is InChI=1S/C14H21N3O/c1-14(7-3-2-4-8-14)17-12-6-5-10(13(16)18)9-11(12)15/h5-6,9,17H,2-4,7-8,15H2,1H3,(H2,16,18).